The van der Waals surface area contributed by atoms with E-state index < -0.39 is 76.2 Å². The van der Waals surface area contributed by atoms with Gasteiger partial charge in [0.15, 0.2) is 34.7 Å². The van der Waals surface area contributed by atoms with E-state index in [9.17, 15) is 39.3 Å². The number of aliphatic hydroxyl groups excluding tert-OH is 1. The lowest BCUT2D eigenvalue weighted by atomic mass is 9.50. The molecule has 5 N–H and O–H groups in total. The van der Waals surface area contributed by atoms with Crippen LogP contribution in [0.15, 0.2) is 42.5 Å². The molecule has 0 heterocycles. The normalized spacial score (nSPS) is 32.5. The number of hydrogen-bond donors (Lipinski definition) is 4. The Labute approximate surface area is 228 Å². The maximum atomic E-state index is 14.1. The fourth-order valence-corrected chi connectivity index (χ4v) is 6.55. The first-order chi connectivity index (χ1) is 18.9. The number of benzene rings is 2. The Morgan fingerprint density at radius 2 is 1.70 bits per heavy atom. The molecule has 11 nitrogen and oxygen atoms in total. The molecular formula is C29H28N2O9. The van der Waals surface area contributed by atoms with E-state index >= 15 is 0 Å². The Bertz CT molecular complexity index is 1500. The summed E-state index contributed by atoms with van der Waals surface area (Å²) in [6.45, 7) is 0. The number of hydrogen-bond acceptors (Lipinski definition) is 10. The van der Waals surface area contributed by atoms with Crippen molar-refractivity contribution in [2.75, 3.05) is 21.2 Å². The van der Waals surface area contributed by atoms with Gasteiger partial charge < -0.3 is 25.8 Å². The van der Waals surface area contributed by atoms with Crippen molar-refractivity contribution in [3.8, 4) is 11.5 Å². The molecule has 5 rings (SSSR count). The van der Waals surface area contributed by atoms with Crippen molar-refractivity contribution in [1.29, 1.82) is 0 Å². The number of nitrogens with zero attached hydrogens (tertiary/aromatic N) is 1. The van der Waals surface area contributed by atoms with Crippen molar-refractivity contribution in [1.82, 2.24) is 4.90 Å². The van der Waals surface area contributed by atoms with Gasteiger partial charge in [0, 0.05) is 5.92 Å². The minimum Gasteiger partial charge on any atom is -0.507 e. The van der Waals surface area contributed by atoms with Gasteiger partial charge in [-0.15, -0.1) is 0 Å². The van der Waals surface area contributed by atoms with Crippen LogP contribution < -0.4 is 10.5 Å². The second-order valence-electron chi connectivity index (χ2n) is 10.6. The predicted octanol–water partition coefficient (Wildman–Crippen LogP) is -0.155. The number of nitrogens with two attached hydrogens (primary N) is 1. The summed E-state index contributed by atoms with van der Waals surface area (Å²) in [4.78, 5) is 68.2. The quantitative estimate of drug-likeness (QED) is 0.375. The van der Waals surface area contributed by atoms with Crippen LogP contribution in [-0.2, 0) is 19.2 Å². The molecule has 1 amide bonds. The van der Waals surface area contributed by atoms with Crippen molar-refractivity contribution in [3.63, 3.8) is 0 Å². The number of methoxy groups -OCH3 is 1. The van der Waals surface area contributed by atoms with Gasteiger partial charge >= 0.3 is 0 Å². The first-order valence-electron chi connectivity index (χ1n) is 12.6. The number of carbonyl (C=O) groups excluding carboxylic acids is 5. The van der Waals surface area contributed by atoms with Crippen LogP contribution in [-0.4, -0.2) is 88.2 Å². The van der Waals surface area contributed by atoms with Crippen molar-refractivity contribution in [3.05, 3.63) is 59.2 Å². The van der Waals surface area contributed by atoms with Gasteiger partial charge in [0.05, 0.1) is 36.7 Å². The fraction of sp³-hybridized carbons (Fsp3) is 0.345. The van der Waals surface area contributed by atoms with E-state index in [2.05, 4.69) is 0 Å². The number of ketones is 4. The van der Waals surface area contributed by atoms with Gasteiger partial charge in [-0.25, -0.2) is 0 Å². The Morgan fingerprint density at radius 1 is 1.05 bits per heavy atom. The van der Waals surface area contributed by atoms with Gasteiger partial charge in [-0.3, -0.25) is 28.9 Å². The zero-order valence-corrected chi connectivity index (χ0v) is 21.9. The van der Waals surface area contributed by atoms with E-state index in [-0.39, 0.29) is 16.7 Å². The first-order valence-corrected chi connectivity index (χ1v) is 12.6. The molecule has 208 valence electrons. The van der Waals surface area contributed by atoms with E-state index in [1.165, 1.54) is 38.2 Å². The molecule has 0 bridgehead atoms. The van der Waals surface area contributed by atoms with Gasteiger partial charge in [-0.2, -0.15) is 0 Å². The van der Waals surface area contributed by atoms with E-state index in [0.29, 0.717) is 11.3 Å². The largest absolute Gasteiger partial charge is 0.507 e. The number of aliphatic hydroxyl groups is 2. The number of phenolic OH excluding ortho intramolecular Hbond substituents is 1. The van der Waals surface area contributed by atoms with Crippen molar-refractivity contribution in [2.24, 2.45) is 29.4 Å². The number of primary amides is 1. The molecule has 0 aliphatic heterocycles. The summed E-state index contributed by atoms with van der Waals surface area (Å²) in [6, 6.07) is 9.66. The summed E-state index contributed by atoms with van der Waals surface area (Å²) in [5, 5.41) is 34.3. The van der Waals surface area contributed by atoms with Crippen molar-refractivity contribution >= 4 is 40.7 Å². The van der Waals surface area contributed by atoms with E-state index in [0.717, 1.165) is 0 Å². The summed E-state index contributed by atoms with van der Waals surface area (Å²) in [6.07, 6.45) is -0.141. The lowest BCUT2D eigenvalue weighted by Gasteiger charge is -2.55. The van der Waals surface area contributed by atoms with Crippen LogP contribution >= 0.6 is 0 Å². The molecule has 7 atom stereocenters. The lowest BCUT2D eigenvalue weighted by Crippen LogP contribution is -2.77. The highest BCUT2D eigenvalue weighted by Gasteiger charge is 2.72. The Hall–Kier alpha value is -4.19. The summed E-state index contributed by atoms with van der Waals surface area (Å²) < 4.78 is 5.20. The Morgan fingerprint density at radius 3 is 2.27 bits per heavy atom. The molecule has 0 aromatic heterocycles. The highest BCUT2D eigenvalue weighted by atomic mass is 16.5. The number of aromatic hydroxyl groups is 1. The van der Waals surface area contributed by atoms with Crippen LogP contribution in [0.1, 0.15) is 21.5 Å². The molecule has 2 aromatic rings. The molecule has 3 aliphatic rings. The molecule has 7 unspecified atom stereocenters. The highest BCUT2D eigenvalue weighted by Crippen LogP contribution is 2.54. The van der Waals surface area contributed by atoms with Gasteiger partial charge in [0.1, 0.15) is 11.5 Å². The zero-order chi connectivity index (χ0) is 29.3. The average Bonchev–Trinajstić information content (AvgIpc) is 2.90. The van der Waals surface area contributed by atoms with Gasteiger partial charge in [-0.1, -0.05) is 30.3 Å². The molecule has 2 saturated carbocycles. The minimum atomic E-state index is -3.06. The number of ether oxygens (including phenoxy) is 1. The fourth-order valence-electron chi connectivity index (χ4n) is 6.55. The molecular weight excluding hydrogens is 520 g/mol. The van der Waals surface area contributed by atoms with Crippen LogP contribution in [0.2, 0.25) is 0 Å². The first kappa shape index (κ1) is 27.4. The second-order valence-corrected chi connectivity index (χ2v) is 10.6. The third-order valence-corrected chi connectivity index (χ3v) is 8.31. The predicted molar refractivity (Wildman–Crippen MR) is 140 cm³/mol. The number of amides is 1. The number of phenols is 1. The summed E-state index contributed by atoms with van der Waals surface area (Å²) >= 11 is 0. The van der Waals surface area contributed by atoms with E-state index in [4.69, 9.17) is 10.5 Å². The molecule has 2 fully saturated rings. The van der Waals surface area contributed by atoms with E-state index in [1.54, 1.807) is 36.4 Å². The zero-order valence-electron chi connectivity index (χ0n) is 21.9. The third-order valence-electron chi connectivity index (χ3n) is 8.31. The van der Waals surface area contributed by atoms with Gasteiger partial charge in [0.2, 0.25) is 5.91 Å². The number of fused-ring (bicyclic) bond motifs is 3. The number of rotatable bonds is 4. The Balaban J connectivity index is 1.78. The summed E-state index contributed by atoms with van der Waals surface area (Å²) in [5.41, 5.74) is 3.22. The SMILES string of the molecule is COc1ccc(C=C2c3cccc(O)c3C(=O)C3C(=O)C4(O)C(=O)C(C(N)=O)C(=O)C(N(C)C)C4C(O)C23)cc1. The maximum Gasteiger partial charge on any atom is 0.235 e. The topological polar surface area (TPSA) is 185 Å². The molecule has 2 aromatic carbocycles. The van der Waals surface area contributed by atoms with Crippen molar-refractivity contribution < 1.29 is 44.0 Å². The minimum absolute atomic E-state index is 0.207. The molecule has 40 heavy (non-hydrogen) atoms. The third kappa shape index (κ3) is 3.65. The van der Waals surface area contributed by atoms with E-state index in [1.807, 2.05) is 0 Å². The van der Waals surface area contributed by atoms with Gasteiger partial charge in [0.25, 0.3) is 0 Å². The average molecular weight is 549 g/mol. The lowest BCUT2D eigenvalue weighted by molar-refractivity contribution is -0.192. The standard InChI is InChI=1S/C29H28N2O9/c1-31(2)22-21-24(34)18-15(11-12-7-9-13(40-3)10-8-12)14-5-4-6-16(32)17(14)23(33)19(18)26(36)29(21,39)27(37)20(25(22)35)28(30)38/h4-11,18-22,24,32,34,39H,1-3H3,(H2,30,38). The highest BCUT2D eigenvalue weighted by molar-refractivity contribution is 6.33. The Kier molecular flexibility index (Phi) is 6.48. The molecule has 0 saturated heterocycles. The van der Waals surface area contributed by atoms with Crippen LogP contribution in [0, 0.1) is 23.7 Å². The van der Waals surface area contributed by atoms with Crippen LogP contribution in [0.4, 0.5) is 0 Å². The molecule has 11 heteroatoms. The smallest absolute Gasteiger partial charge is 0.235 e. The number of Topliss-reactive ketones (excluding diaryl/α,β-unsaturated/α-hetero) is 4. The monoisotopic (exact) mass is 548 g/mol. The van der Waals surface area contributed by atoms with Crippen LogP contribution in [0.25, 0.3) is 11.6 Å². The van der Waals surface area contributed by atoms with Crippen LogP contribution in [0.5, 0.6) is 11.5 Å². The molecule has 0 radical (unpaired) electrons. The second kappa shape index (κ2) is 9.47. The molecule has 0 spiro atoms. The summed E-state index contributed by atoms with van der Waals surface area (Å²) in [7, 11) is 4.38. The van der Waals surface area contributed by atoms with Gasteiger partial charge in [-0.05, 0) is 49.0 Å². The number of carbonyl (C=O) groups is 5. The van der Waals surface area contributed by atoms with Crippen molar-refractivity contribution in [2.45, 2.75) is 17.7 Å². The summed E-state index contributed by atoms with van der Waals surface area (Å²) in [5.74, 6) is -12.7. The number of likely N-dealkylation sites (N-methyl/N-ethyl adjacent to an activating group) is 1. The molecule has 3 aliphatic carbocycles. The maximum absolute atomic E-state index is 14.1. The van der Waals surface area contributed by atoms with Crippen LogP contribution in [0.3, 0.4) is 0 Å².